The van der Waals surface area contributed by atoms with E-state index in [4.69, 9.17) is 10.2 Å². The molecule has 0 saturated carbocycles. The Labute approximate surface area is 120 Å². The van der Waals surface area contributed by atoms with E-state index in [0.717, 1.165) is 0 Å². The van der Waals surface area contributed by atoms with Crippen molar-refractivity contribution in [3.05, 3.63) is 18.4 Å². The van der Waals surface area contributed by atoms with E-state index in [0.29, 0.717) is 23.1 Å². The quantitative estimate of drug-likeness (QED) is 0.717. The van der Waals surface area contributed by atoms with Crippen LogP contribution in [0.2, 0.25) is 0 Å². The van der Waals surface area contributed by atoms with E-state index in [-0.39, 0.29) is 17.1 Å². The van der Waals surface area contributed by atoms with Gasteiger partial charge in [0.1, 0.15) is 12.0 Å². The third kappa shape index (κ3) is 2.45. The molecule has 0 fully saturated rings. The topological polar surface area (TPSA) is 132 Å². The molecule has 0 aromatic carbocycles. The fraction of sp³-hybridized carbons (Fsp3) is 0.333. The Hall–Kier alpha value is -2.84. The summed E-state index contributed by atoms with van der Waals surface area (Å²) in [4.78, 5) is 12.5. The van der Waals surface area contributed by atoms with Crippen LogP contribution in [-0.4, -0.2) is 35.3 Å². The first-order valence-electron chi connectivity index (χ1n) is 6.28. The van der Waals surface area contributed by atoms with Gasteiger partial charge in [-0.2, -0.15) is 5.10 Å². The minimum absolute atomic E-state index is 0.211. The Bertz CT molecular complexity index is 756. The van der Waals surface area contributed by atoms with Crippen LogP contribution in [0.15, 0.2) is 16.9 Å². The maximum atomic E-state index is 5.85. The summed E-state index contributed by atoms with van der Waals surface area (Å²) < 4.78 is 5.64. The lowest BCUT2D eigenvalue weighted by atomic mass is 9.97. The highest BCUT2D eigenvalue weighted by Crippen LogP contribution is 2.27. The summed E-state index contributed by atoms with van der Waals surface area (Å²) in [5.74, 6) is 1.43. The number of anilines is 1. The third-order valence-electron chi connectivity index (χ3n) is 2.73. The predicted molar refractivity (Wildman–Crippen MR) is 73.8 cm³/mol. The molecule has 0 radical (unpaired) electrons. The number of aromatic amines is 1. The van der Waals surface area contributed by atoms with Crippen molar-refractivity contribution in [1.82, 2.24) is 35.3 Å². The lowest BCUT2D eigenvalue weighted by Gasteiger charge is -2.11. The Morgan fingerprint density at radius 2 is 2.00 bits per heavy atom. The Kier molecular flexibility index (Phi) is 2.89. The lowest BCUT2D eigenvalue weighted by Crippen LogP contribution is -2.11. The molecule has 0 unspecified atom stereocenters. The van der Waals surface area contributed by atoms with Gasteiger partial charge in [-0.05, 0) is 0 Å². The molecule has 0 atom stereocenters. The van der Waals surface area contributed by atoms with Gasteiger partial charge in [-0.25, -0.2) is 15.0 Å². The minimum Gasteiger partial charge on any atom is -0.419 e. The van der Waals surface area contributed by atoms with Gasteiger partial charge in [-0.1, -0.05) is 20.8 Å². The highest BCUT2D eigenvalue weighted by atomic mass is 16.4. The maximum Gasteiger partial charge on any atom is 0.270 e. The van der Waals surface area contributed by atoms with E-state index < -0.39 is 0 Å². The van der Waals surface area contributed by atoms with E-state index in [9.17, 15) is 0 Å². The second-order valence-electron chi connectivity index (χ2n) is 5.49. The second kappa shape index (κ2) is 4.62. The van der Waals surface area contributed by atoms with Gasteiger partial charge in [0.15, 0.2) is 17.3 Å². The molecular formula is C12H14N8O. The van der Waals surface area contributed by atoms with Gasteiger partial charge in [-0.3, -0.25) is 5.10 Å². The molecular weight excluding hydrogens is 272 g/mol. The number of nitrogens with two attached hydrogens (primary N) is 1. The van der Waals surface area contributed by atoms with Crippen molar-refractivity contribution < 1.29 is 4.42 Å². The van der Waals surface area contributed by atoms with E-state index in [1.54, 1.807) is 0 Å². The summed E-state index contributed by atoms with van der Waals surface area (Å²) in [5.41, 5.74) is 6.41. The van der Waals surface area contributed by atoms with Gasteiger partial charge in [-0.15, -0.1) is 10.2 Å². The van der Waals surface area contributed by atoms with Gasteiger partial charge in [0.2, 0.25) is 5.89 Å². The fourth-order valence-corrected chi connectivity index (χ4v) is 1.62. The van der Waals surface area contributed by atoms with Gasteiger partial charge in [0.25, 0.3) is 5.89 Å². The maximum absolute atomic E-state index is 5.85. The van der Waals surface area contributed by atoms with Crippen LogP contribution in [0.3, 0.4) is 0 Å². The zero-order chi connectivity index (χ0) is 15.0. The van der Waals surface area contributed by atoms with Crippen LogP contribution in [-0.2, 0) is 5.41 Å². The standard InChI is InChI=1S/C12H14N8O/c1-12(2,3)11-20-19-10(21-11)7-8(13)14-4-6(17-7)9-15-5-16-18-9/h4-5H,1-3H3,(H2,13,14)(H,15,16,18). The zero-order valence-electron chi connectivity index (χ0n) is 11.8. The largest absolute Gasteiger partial charge is 0.419 e. The van der Waals surface area contributed by atoms with E-state index in [1.807, 2.05) is 20.8 Å². The van der Waals surface area contributed by atoms with Crippen molar-refractivity contribution in [3.63, 3.8) is 0 Å². The molecule has 9 nitrogen and oxygen atoms in total. The van der Waals surface area contributed by atoms with Crippen LogP contribution in [0, 0.1) is 0 Å². The van der Waals surface area contributed by atoms with E-state index in [2.05, 4.69) is 35.3 Å². The van der Waals surface area contributed by atoms with Crippen molar-refractivity contribution in [2.45, 2.75) is 26.2 Å². The number of rotatable bonds is 2. The van der Waals surface area contributed by atoms with Crippen LogP contribution >= 0.6 is 0 Å². The Balaban J connectivity index is 2.06. The highest BCUT2D eigenvalue weighted by Gasteiger charge is 2.23. The lowest BCUT2D eigenvalue weighted by molar-refractivity contribution is 0.398. The number of nitrogens with one attached hydrogen (secondary N) is 1. The van der Waals surface area contributed by atoms with Crippen LogP contribution in [0.1, 0.15) is 26.7 Å². The summed E-state index contributed by atoms with van der Waals surface area (Å²) in [6.07, 6.45) is 2.89. The van der Waals surface area contributed by atoms with Crippen molar-refractivity contribution in [3.8, 4) is 23.1 Å². The first-order valence-corrected chi connectivity index (χ1v) is 6.28. The highest BCUT2D eigenvalue weighted by molar-refractivity contribution is 5.65. The molecule has 3 heterocycles. The summed E-state index contributed by atoms with van der Waals surface area (Å²) in [5, 5.41) is 14.5. The smallest absolute Gasteiger partial charge is 0.270 e. The fourth-order valence-electron chi connectivity index (χ4n) is 1.62. The summed E-state index contributed by atoms with van der Waals surface area (Å²) in [6.45, 7) is 5.93. The number of aromatic nitrogens is 7. The van der Waals surface area contributed by atoms with Gasteiger partial charge in [0.05, 0.1) is 6.20 Å². The molecule has 0 aliphatic carbocycles. The van der Waals surface area contributed by atoms with Crippen LogP contribution in [0.4, 0.5) is 5.82 Å². The summed E-state index contributed by atoms with van der Waals surface area (Å²) in [6, 6.07) is 0. The van der Waals surface area contributed by atoms with Crippen molar-refractivity contribution >= 4 is 5.82 Å². The first-order chi connectivity index (χ1) is 9.95. The average Bonchev–Trinajstić information content (AvgIpc) is 3.10. The SMILES string of the molecule is CC(C)(C)c1nnc(-c2nc(-c3ncn[nH]3)cnc2N)o1. The molecule has 0 amide bonds. The molecule has 21 heavy (non-hydrogen) atoms. The van der Waals surface area contributed by atoms with Gasteiger partial charge >= 0.3 is 0 Å². The van der Waals surface area contributed by atoms with Crippen molar-refractivity contribution in [2.75, 3.05) is 5.73 Å². The second-order valence-corrected chi connectivity index (χ2v) is 5.49. The molecule has 0 saturated heterocycles. The molecule has 3 aromatic rings. The molecule has 108 valence electrons. The van der Waals surface area contributed by atoms with E-state index in [1.165, 1.54) is 12.5 Å². The molecule has 0 aliphatic heterocycles. The monoisotopic (exact) mass is 286 g/mol. The predicted octanol–water partition coefficient (Wildman–Crippen LogP) is 1.19. The van der Waals surface area contributed by atoms with Crippen LogP contribution in [0.5, 0.6) is 0 Å². The zero-order valence-corrected chi connectivity index (χ0v) is 11.8. The van der Waals surface area contributed by atoms with Crippen molar-refractivity contribution in [1.29, 1.82) is 0 Å². The number of hydrogen-bond acceptors (Lipinski definition) is 8. The third-order valence-corrected chi connectivity index (χ3v) is 2.73. The number of H-pyrrole nitrogens is 1. The summed E-state index contributed by atoms with van der Waals surface area (Å²) in [7, 11) is 0. The van der Waals surface area contributed by atoms with Crippen LogP contribution < -0.4 is 5.73 Å². The van der Waals surface area contributed by atoms with E-state index >= 15 is 0 Å². The minimum atomic E-state index is -0.254. The first kappa shape index (κ1) is 13.2. The Morgan fingerprint density at radius 1 is 1.19 bits per heavy atom. The molecule has 3 N–H and O–H groups in total. The van der Waals surface area contributed by atoms with Crippen molar-refractivity contribution in [2.24, 2.45) is 0 Å². The number of nitrogen functional groups attached to an aromatic ring is 1. The number of nitrogens with zero attached hydrogens (tertiary/aromatic N) is 6. The average molecular weight is 286 g/mol. The molecule has 0 spiro atoms. The molecule has 9 heteroatoms. The normalized spacial score (nSPS) is 11.8. The number of hydrogen-bond donors (Lipinski definition) is 2. The van der Waals surface area contributed by atoms with Gasteiger partial charge < -0.3 is 10.2 Å². The molecule has 0 aliphatic rings. The molecule has 3 rings (SSSR count). The van der Waals surface area contributed by atoms with Crippen LogP contribution in [0.25, 0.3) is 23.1 Å². The molecule has 0 bridgehead atoms. The Morgan fingerprint density at radius 3 is 2.62 bits per heavy atom. The van der Waals surface area contributed by atoms with Gasteiger partial charge in [0, 0.05) is 5.41 Å². The summed E-state index contributed by atoms with van der Waals surface area (Å²) >= 11 is 0. The molecule has 3 aromatic heterocycles.